The van der Waals surface area contributed by atoms with Crippen molar-refractivity contribution in [2.75, 3.05) is 20.7 Å². The van der Waals surface area contributed by atoms with Crippen LogP contribution in [-0.2, 0) is 9.53 Å². The van der Waals surface area contributed by atoms with Gasteiger partial charge in [0.05, 0.1) is 13.0 Å². The van der Waals surface area contributed by atoms with Crippen LogP contribution in [-0.4, -0.2) is 31.6 Å². The highest BCUT2D eigenvalue weighted by Gasteiger charge is 2.18. The molecule has 3 heteroatoms. The fraction of sp³-hybridized carbons (Fsp3) is 0.500. The van der Waals surface area contributed by atoms with E-state index in [-0.39, 0.29) is 12.0 Å². The maximum absolute atomic E-state index is 11.6. The van der Waals surface area contributed by atoms with Gasteiger partial charge < -0.3 is 9.64 Å². The van der Waals surface area contributed by atoms with Gasteiger partial charge in [-0.1, -0.05) is 29.8 Å². The first kappa shape index (κ1) is 13.7. The molecule has 0 saturated carbocycles. The molecule has 0 heterocycles. The van der Waals surface area contributed by atoms with Crippen molar-refractivity contribution in [3.8, 4) is 0 Å². The molecule has 1 unspecified atom stereocenters. The highest BCUT2D eigenvalue weighted by molar-refractivity contribution is 5.70. The van der Waals surface area contributed by atoms with Crippen LogP contribution >= 0.6 is 0 Å². The van der Waals surface area contributed by atoms with Crippen LogP contribution in [0.4, 0.5) is 0 Å². The number of ether oxygens (including phenoxy) is 1. The topological polar surface area (TPSA) is 29.5 Å². The summed E-state index contributed by atoms with van der Waals surface area (Å²) in [6.45, 7) is 4.32. The van der Waals surface area contributed by atoms with Crippen LogP contribution in [0.1, 0.15) is 30.5 Å². The number of hydrogen-bond donors (Lipinski definition) is 0. The third kappa shape index (κ3) is 4.19. The van der Waals surface area contributed by atoms with E-state index in [9.17, 15) is 4.79 Å². The highest BCUT2D eigenvalue weighted by atomic mass is 16.5. The van der Waals surface area contributed by atoms with Crippen molar-refractivity contribution in [2.24, 2.45) is 0 Å². The molecule has 0 aliphatic heterocycles. The van der Waals surface area contributed by atoms with Crippen molar-refractivity contribution in [1.29, 1.82) is 0 Å². The number of nitrogens with zero attached hydrogens (tertiary/aromatic N) is 1. The molecule has 0 saturated heterocycles. The second-order valence-electron chi connectivity index (χ2n) is 4.40. The summed E-state index contributed by atoms with van der Waals surface area (Å²) in [6.07, 6.45) is 0.393. The molecule has 1 aromatic carbocycles. The maximum Gasteiger partial charge on any atom is 0.307 e. The third-order valence-electron chi connectivity index (χ3n) is 2.72. The lowest BCUT2D eigenvalue weighted by Gasteiger charge is -2.24. The van der Waals surface area contributed by atoms with Crippen molar-refractivity contribution < 1.29 is 9.53 Å². The van der Waals surface area contributed by atoms with Crippen molar-refractivity contribution in [2.45, 2.75) is 26.3 Å². The summed E-state index contributed by atoms with van der Waals surface area (Å²) in [5.41, 5.74) is 2.36. The van der Waals surface area contributed by atoms with E-state index >= 15 is 0 Å². The number of benzene rings is 1. The van der Waals surface area contributed by atoms with Crippen LogP contribution in [0.3, 0.4) is 0 Å². The number of carbonyl (C=O) groups is 1. The lowest BCUT2D eigenvalue weighted by atomic mass is 10.0. The summed E-state index contributed by atoms with van der Waals surface area (Å²) in [6, 6.07) is 8.32. The van der Waals surface area contributed by atoms with Gasteiger partial charge in [-0.05, 0) is 33.5 Å². The quantitative estimate of drug-likeness (QED) is 0.735. The Kier molecular flexibility index (Phi) is 5.16. The van der Waals surface area contributed by atoms with E-state index in [0.717, 1.165) is 5.56 Å². The zero-order valence-corrected chi connectivity index (χ0v) is 11.1. The van der Waals surface area contributed by atoms with Crippen LogP contribution in [0.25, 0.3) is 0 Å². The van der Waals surface area contributed by atoms with E-state index in [0.29, 0.717) is 13.0 Å². The Morgan fingerprint density at radius 3 is 2.65 bits per heavy atom. The largest absolute Gasteiger partial charge is 0.466 e. The Bertz CT molecular complexity index is 374. The van der Waals surface area contributed by atoms with Crippen molar-refractivity contribution in [3.05, 3.63) is 35.4 Å². The Labute approximate surface area is 103 Å². The first-order chi connectivity index (χ1) is 8.04. The van der Waals surface area contributed by atoms with Crippen LogP contribution in [0.5, 0.6) is 0 Å². The average molecular weight is 235 g/mol. The minimum absolute atomic E-state index is 0.0777. The van der Waals surface area contributed by atoms with Gasteiger partial charge in [0.25, 0.3) is 0 Å². The fourth-order valence-corrected chi connectivity index (χ4v) is 1.85. The molecule has 0 aliphatic carbocycles. The molecule has 0 bridgehead atoms. The van der Waals surface area contributed by atoms with Gasteiger partial charge in [-0.2, -0.15) is 0 Å². The molecule has 1 rings (SSSR count). The van der Waals surface area contributed by atoms with Crippen LogP contribution in [0.2, 0.25) is 0 Å². The number of hydrogen-bond acceptors (Lipinski definition) is 3. The molecule has 17 heavy (non-hydrogen) atoms. The van der Waals surface area contributed by atoms with E-state index in [2.05, 4.69) is 25.1 Å². The van der Waals surface area contributed by atoms with E-state index < -0.39 is 0 Å². The molecule has 0 radical (unpaired) electrons. The molecule has 0 N–H and O–H groups in total. The van der Waals surface area contributed by atoms with E-state index in [1.807, 2.05) is 32.0 Å². The first-order valence-electron chi connectivity index (χ1n) is 5.93. The molecule has 0 aromatic heterocycles. The molecule has 0 fully saturated rings. The molecule has 0 amide bonds. The SMILES string of the molecule is CCOC(=O)CC(c1cccc(C)c1)N(C)C. The van der Waals surface area contributed by atoms with E-state index in [1.165, 1.54) is 5.56 Å². The Morgan fingerprint density at radius 1 is 1.41 bits per heavy atom. The normalized spacial score (nSPS) is 12.5. The molecule has 3 nitrogen and oxygen atoms in total. The lowest BCUT2D eigenvalue weighted by molar-refractivity contribution is -0.144. The zero-order valence-electron chi connectivity index (χ0n) is 11.1. The third-order valence-corrected chi connectivity index (χ3v) is 2.72. The standard InChI is InChI=1S/C14H21NO2/c1-5-17-14(16)10-13(15(3)4)12-8-6-7-11(2)9-12/h6-9,13H,5,10H2,1-4H3. The minimum Gasteiger partial charge on any atom is -0.466 e. The molecule has 1 atom stereocenters. The molecule has 1 aromatic rings. The van der Waals surface area contributed by atoms with Crippen LogP contribution in [0.15, 0.2) is 24.3 Å². The fourth-order valence-electron chi connectivity index (χ4n) is 1.85. The summed E-state index contributed by atoms with van der Waals surface area (Å²) in [4.78, 5) is 13.6. The average Bonchev–Trinajstić information content (AvgIpc) is 2.26. The highest BCUT2D eigenvalue weighted by Crippen LogP contribution is 2.23. The molecular weight excluding hydrogens is 214 g/mol. The Hall–Kier alpha value is -1.35. The van der Waals surface area contributed by atoms with Gasteiger partial charge in [-0.3, -0.25) is 4.79 Å². The van der Waals surface area contributed by atoms with Crippen molar-refractivity contribution >= 4 is 5.97 Å². The number of rotatable bonds is 5. The van der Waals surface area contributed by atoms with Crippen molar-refractivity contribution in [1.82, 2.24) is 4.90 Å². The van der Waals surface area contributed by atoms with Crippen molar-refractivity contribution in [3.63, 3.8) is 0 Å². The number of carbonyl (C=O) groups excluding carboxylic acids is 1. The molecule has 0 spiro atoms. The first-order valence-corrected chi connectivity index (χ1v) is 5.93. The van der Waals surface area contributed by atoms with Gasteiger partial charge >= 0.3 is 5.97 Å². The molecular formula is C14H21NO2. The number of esters is 1. The Morgan fingerprint density at radius 2 is 2.12 bits per heavy atom. The lowest BCUT2D eigenvalue weighted by Crippen LogP contribution is -2.23. The smallest absolute Gasteiger partial charge is 0.307 e. The predicted octanol–water partition coefficient (Wildman–Crippen LogP) is 2.55. The summed E-state index contributed by atoms with van der Waals surface area (Å²) in [5, 5.41) is 0. The second kappa shape index (κ2) is 6.40. The van der Waals surface area contributed by atoms with Gasteiger partial charge in [0.1, 0.15) is 0 Å². The summed E-state index contributed by atoms with van der Waals surface area (Å²) in [7, 11) is 3.96. The van der Waals surface area contributed by atoms with Gasteiger partial charge in [0, 0.05) is 6.04 Å². The van der Waals surface area contributed by atoms with Gasteiger partial charge in [0.15, 0.2) is 0 Å². The van der Waals surface area contributed by atoms with E-state index in [4.69, 9.17) is 4.74 Å². The van der Waals surface area contributed by atoms with E-state index in [1.54, 1.807) is 0 Å². The monoisotopic (exact) mass is 235 g/mol. The van der Waals surface area contributed by atoms with Gasteiger partial charge in [0.2, 0.25) is 0 Å². The number of aryl methyl sites for hydroxylation is 1. The maximum atomic E-state index is 11.6. The van der Waals surface area contributed by atoms with Crippen LogP contribution < -0.4 is 0 Å². The zero-order chi connectivity index (χ0) is 12.8. The second-order valence-corrected chi connectivity index (χ2v) is 4.40. The van der Waals surface area contributed by atoms with Gasteiger partial charge in [-0.15, -0.1) is 0 Å². The minimum atomic E-state index is -0.146. The van der Waals surface area contributed by atoms with Crippen LogP contribution in [0, 0.1) is 6.92 Å². The summed E-state index contributed by atoms with van der Waals surface area (Å²) < 4.78 is 5.01. The summed E-state index contributed by atoms with van der Waals surface area (Å²) in [5.74, 6) is -0.146. The molecule has 0 aliphatic rings. The predicted molar refractivity (Wildman–Crippen MR) is 68.9 cm³/mol. The summed E-state index contributed by atoms with van der Waals surface area (Å²) >= 11 is 0. The van der Waals surface area contributed by atoms with Gasteiger partial charge in [-0.25, -0.2) is 0 Å². The molecule has 94 valence electrons. The Balaban J connectivity index is 2.82.